The number of hydrogen-bond acceptors (Lipinski definition) is 5. The lowest BCUT2D eigenvalue weighted by atomic mass is 10.1. The zero-order valence-electron chi connectivity index (χ0n) is 15.1. The topological polar surface area (TPSA) is 84.3 Å². The molecule has 0 amide bonds. The Labute approximate surface area is 166 Å². The number of halogens is 1. The molecule has 0 spiro atoms. The van der Waals surface area contributed by atoms with E-state index in [1.165, 1.54) is 35.6 Å². The van der Waals surface area contributed by atoms with Crippen molar-refractivity contribution in [2.45, 2.75) is 24.2 Å². The van der Waals surface area contributed by atoms with E-state index in [0.29, 0.717) is 18.5 Å². The van der Waals surface area contributed by atoms with E-state index >= 15 is 0 Å². The molecule has 0 aliphatic heterocycles. The number of carboxylic acids is 1. The number of nitrogens with zero attached hydrogens (tertiary/aromatic N) is 1. The molecule has 0 bridgehead atoms. The first-order valence-electron chi connectivity index (χ1n) is 8.52. The lowest BCUT2D eigenvalue weighted by molar-refractivity contribution is -0.137. The number of hydrogen-bond donors (Lipinski definition) is 1. The maximum atomic E-state index is 13.3. The molecule has 146 valence electrons. The van der Waals surface area contributed by atoms with E-state index in [4.69, 9.17) is 5.11 Å². The number of aromatic nitrogens is 1. The van der Waals surface area contributed by atoms with Crippen LogP contribution in [0.25, 0.3) is 21.7 Å². The first kappa shape index (κ1) is 20.2. The van der Waals surface area contributed by atoms with Gasteiger partial charge in [-0.15, -0.1) is 11.3 Å². The third-order valence-corrected chi connectivity index (χ3v) is 6.41. The number of benzene rings is 2. The van der Waals surface area contributed by atoms with E-state index in [1.54, 1.807) is 24.3 Å². The van der Waals surface area contributed by atoms with E-state index in [2.05, 4.69) is 4.98 Å². The molecule has 1 aromatic heterocycles. The van der Waals surface area contributed by atoms with Gasteiger partial charge in [-0.25, -0.2) is 17.8 Å². The van der Waals surface area contributed by atoms with Crippen molar-refractivity contribution in [2.24, 2.45) is 0 Å². The number of rotatable bonds is 7. The molecule has 3 rings (SSSR count). The van der Waals surface area contributed by atoms with E-state index in [1.807, 2.05) is 0 Å². The van der Waals surface area contributed by atoms with Gasteiger partial charge in [0.05, 0.1) is 20.5 Å². The van der Waals surface area contributed by atoms with Crippen molar-refractivity contribution in [3.63, 3.8) is 0 Å². The maximum absolute atomic E-state index is 13.3. The summed E-state index contributed by atoms with van der Waals surface area (Å²) in [6.07, 6.45) is 2.20. The average molecular weight is 419 g/mol. The summed E-state index contributed by atoms with van der Waals surface area (Å²) in [5.41, 5.74) is 2.21. The Hall–Kier alpha value is -2.58. The van der Waals surface area contributed by atoms with Gasteiger partial charge in [-0.1, -0.05) is 24.3 Å². The predicted molar refractivity (Wildman–Crippen MR) is 107 cm³/mol. The maximum Gasteiger partial charge on any atom is 0.303 e. The molecule has 0 unspecified atom stereocenters. The smallest absolute Gasteiger partial charge is 0.303 e. The predicted octanol–water partition coefficient (Wildman–Crippen LogP) is 4.43. The molecule has 2 aromatic carbocycles. The van der Waals surface area contributed by atoms with Crippen LogP contribution in [0.3, 0.4) is 0 Å². The molecule has 1 heterocycles. The number of aliphatic carboxylic acids is 1. The van der Waals surface area contributed by atoms with Crippen LogP contribution in [0.2, 0.25) is 0 Å². The summed E-state index contributed by atoms with van der Waals surface area (Å²) in [4.78, 5) is 16.4. The molecule has 5 nitrogen and oxygen atoms in total. The minimum atomic E-state index is -3.30. The fourth-order valence-electron chi connectivity index (χ4n) is 2.71. The lowest BCUT2D eigenvalue weighted by Crippen LogP contribution is -1.96. The number of carboxylic acid groups (broad SMARTS) is 1. The highest BCUT2D eigenvalue weighted by atomic mass is 32.2. The summed E-state index contributed by atoms with van der Waals surface area (Å²) in [6.45, 7) is 0. The Morgan fingerprint density at radius 1 is 1.07 bits per heavy atom. The van der Waals surface area contributed by atoms with Crippen molar-refractivity contribution in [1.29, 1.82) is 0 Å². The minimum absolute atomic E-state index is 0.0594. The fraction of sp³-hybridized carbons (Fsp3) is 0.200. The van der Waals surface area contributed by atoms with E-state index in [-0.39, 0.29) is 17.1 Å². The molecule has 0 fully saturated rings. The van der Waals surface area contributed by atoms with Gasteiger partial charge in [-0.3, -0.25) is 4.79 Å². The highest BCUT2D eigenvalue weighted by molar-refractivity contribution is 7.90. The van der Waals surface area contributed by atoms with Crippen LogP contribution in [0, 0.1) is 5.82 Å². The molecule has 8 heteroatoms. The van der Waals surface area contributed by atoms with Gasteiger partial charge >= 0.3 is 5.97 Å². The van der Waals surface area contributed by atoms with Crippen LogP contribution in [0.15, 0.2) is 53.4 Å². The molecule has 0 radical (unpaired) electrons. The van der Waals surface area contributed by atoms with Gasteiger partial charge < -0.3 is 5.11 Å². The van der Waals surface area contributed by atoms with Gasteiger partial charge in [0.15, 0.2) is 9.84 Å². The standard InChI is InChI=1S/C20H18FNO4S2/c1-28(25,26)16-11-7-13(8-12-16)19-20(14-5-9-15(21)10-6-14)27-17(22-19)3-2-4-18(23)24/h5-12H,2-4H2,1H3,(H,23,24). The van der Waals surface area contributed by atoms with Crippen LogP contribution < -0.4 is 0 Å². The van der Waals surface area contributed by atoms with Crippen molar-refractivity contribution >= 4 is 27.1 Å². The van der Waals surface area contributed by atoms with Gasteiger partial charge in [0.2, 0.25) is 0 Å². The van der Waals surface area contributed by atoms with Gasteiger partial charge in [-0.2, -0.15) is 0 Å². The van der Waals surface area contributed by atoms with Crippen LogP contribution in [-0.4, -0.2) is 30.7 Å². The highest BCUT2D eigenvalue weighted by Crippen LogP contribution is 2.37. The van der Waals surface area contributed by atoms with Gasteiger partial charge in [-0.05, 0) is 42.7 Å². The molecule has 3 aromatic rings. The largest absolute Gasteiger partial charge is 0.481 e. The quantitative estimate of drug-likeness (QED) is 0.613. The van der Waals surface area contributed by atoms with Crippen molar-refractivity contribution in [3.8, 4) is 21.7 Å². The number of aryl methyl sites for hydroxylation is 1. The summed E-state index contributed by atoms with van der Waals surface area (Å²) < 4.78 is 36.7. The van der Waals surface area contributed by atoms with E-state index in [9.17, 15) is 17.6 Å². The van der Waals surface area contributed by atoms with Crippen molar-refractivity contribution in [2.75, 3.05) is 6.26 Å². The van der Waals surface area contributed by atoms with Crippen molar-refractivity contribution in [1.82, 2.24) is 4.98 Å². The summed E-state index contributed by atoms with van der Waals surface area (Å²) in [5.74, 6) is -1.19. The number of sulfone groups is 1. The molecule has 0 saturated carbocycles. The van der Waals surface area contributed by atoms with Crippen LogP contribution in [0.4, 0.5) is 4.39 Å². The second-order valence-corrected chi connectivity index (χ2v) is 9.44. The van der Waals surface area contributed by atoms with Gasteiger partial charge in [0.25, 0.3) is 0 Å². The number of thiazole rings is 1. The third-order valence-electron chi connectivity index (χ3n) is 4.12. The molecule has 0 saturated heterocycles. The second-order valence-electron chi connectivity index (χ2n) is 6.34. The van der Waals surface area contributed by atoms with Crippen molar-refractivity contribution < 1.29 is 22.7 Å². The molecule has 0 atom stereocenters. The summed E-state index contributed by atoms with van der Waals surface area (Å²) in [5, 5.41) is 9.60. The summed E-state index contributed by atoms with van der Waals surface area (Å²) in [6, 6.07) is 12.5. The normalized spacial score (nSPS) is 11.5. The second kappa shape index (κ2) is 8.20. The van der Waals surface area contributed by atoms with Gasteiger partial charge in [0, 0.05) is 18.2 Å². The van der Waals surface area contributed by atoms with Gasteiger partial charge in [0.1, 0.15) is 5.82 Å². The Balaban J connectivity index is 2.01. The van der Waals surface area contributed by atoms with Crippen LogP contribution in [-0.2, 0) is 21.1 Å². The van der Waals surface area contributed by atoms with Crippen LogP contribution in [0.1, 0.15) is 17.8 Å². The van der Waals surface area contributed by atoms with Crippen molar-refractivity contribution in [3.05, 3.63) is 59.4 Å². The molecular weight excluding hydrogens is 401 g/mol. The lowest BCUT2D eigenvalue weighted by Gasteiger charge is -2.04. The first-order chi connectivity index (χ1) is 13.2. The Morgan fingerprint density at radius 2 is 1.68 bits per heavy atom. The summed E-state index contributed by atoms with van der Waals surface area (Å²) >= 11 is 1.43. The Morgan fingerprint density at radius 3 is 2.25 bits per heavy atom. The molecule has 28 heavy (non-hydrogen) atoms. The van der Waals surface area contributed by atoms with Crippen LogP contribution >= 0.6 is 11.3 Å². The first-order valence-corrected chi connectivity index (χ1v) is 11.2. The summed E-state index contributed by atoms with van der Waals surface area (Å²) in [7, 11) is -3.30. The molecule has 1 N–H and O–H groups in total. The van der Waals surface area contributed by atoms with E-state index in [0.717, 1.165) is 27.3 Å². The fourth-order valence-corrected chi connectivity index (χ4v) is 4.48. The SMILES string of the molecule is CS(=O)(=O)c1ccc(-c2nc(CCCC(=O)O)sc2-c2ccc(F)cc2)cc1. The molecule has 0 aliphatic rings. The minimum Gasteiger partial charge on any atom is -0.481 e. The molecule has 0 aliphatic carbocycles. The molecular formula is C20H18FNO4S2. The van der Waals surface area contributed by atoms with E-state index < -0.39 is 15.8 Å². The zero-order chi connectivity index (χ0) is 20.3. The Bertz CT molecular complexity index is 1090. The monoisotopic (exact) mass is 419 g/mol. The van der Waals surface area contributed by atoms with Crippen LogP contribution in [0.5, 0.6) is 0 Å². The zero-order valence-corrected chi connectivity index (χ0v) is 16.7. The third kappa shape index (κ3) is 4.82. The Kier molecular flexibility index (Phi) is 5.90. The average Bonchev–Trinajstić information content (AvgIpc) is 3.05. The highest BCUT2D eigenvalue weighted by Gasteiger charge is 2.16. The number of carbonyl (C=O) groups is 1.